The molecule has 0 fully saturated rings. The number of nitrogens with zero attached hydrogens (tertiary/aromatic N) is 1. The molecule has 0 amide bonds. The molecular weight excluding hydrogens is 210 g/mol. The third kappa shape index (κ3) is 2.00. The molecule has 0 spiro atoms. The molecule has 0 radical (unpaired) electrons. The smallest absolute Gasteiger partial charge is 0.355 e. The molecule has 0 aliphatic heterocycles. The van der Waals surface area contributed by atoms with Gasteiger partial charge in [-0.25, -0.2) is 4.79 Å². The molecule has 0 unspecified atom stereocenters. The second kappa shape index (κ2) is 4.07. The van der Waals surface area contributed by atoms with Crippen molar-refractivity contribution >= 4 is 30.2 Å². The number of carbonyl (C=O) groups excluding carboxylic acids is 1. The molecule has 0 aromatic carbocycles. The number of ether oxygens (including phenoxy) is 1. The van der Waals surface area contributed by atoms with Gasteiger partial charge in [-0.05, 0) is 13.0 Å². The van der Waals surface area contributed by atoms with E-state index in [0.717, 1.165) is 0 Å². The number of carbonyl (C=O) groups is 1. The standard InChI is InChI=1S/C8H10ClNO2S/c1-3-12-8(11)5-4-6(13)7(9)10(5)2/h4,13H,3H2,1-2H3. The molecule has 1 heterocycles. The van der Waals surface area contributed by atoms with Gasteiger partial charge in [0.1, 0.15) is 10.8 Å². The van der Waals surface area contributed by atoms with Gasteiger partial charge in [0.15, 0.2) is 0 Å². The molecule has 0 saturated heterocycles. The molecule has 0 aliphatic carbocycles. The largest absolute Gasteiger partial charge is 0.461 e. The lowest BCUT2D eigenvalue weighted by atomic mass is 10.4. The highest BCUT2D eigenvalue weighted by molar-refractivity contribution is 7.80. The van der Waals surface area contributed by atoms with Crippen LogP contribution in [0.5, 0.6) is 0 Å². The Balaban J connectivity index is 3.01. The molecule has 0 bridgehead atoms. The van der Waals surface area contributed by atoms with Gasteiger partial charge in [0.25, 0.3) is 0 Å². The third-order valence-electron chi connectivity index (χ3n) is 1.63. The van der Waals surface area contributed by atoms with Gasteiger partial charge in [0.2, 0.25) is 0 Å². The zero-order chi connectivity index (χ0) is 10.0. The van der Waals surface area contributed by atoms with E-state index in [-0.39, 0.29) is 5.97 Å². The van der Waals surface area contributed by atoms with Crippen LogP contribution in [-0.4, -0.2) is 17.1 Å². The van der Waals surface area contributed by atoms with Crippen molar-refractivity contribution in [3.8, 4) is 0 Å². The highest BCUT2D eigenvalue weighted by Crippen LogP contribution is 2.23. The van der Waals surface area contributed by atoms with Gasteiger partial charge in [-0.15, -0.1) is 12.6 Å². The summed E-state index contributed by atoms with van der Waals surface area (Å²) in [6, 6.07) is 1.59. The van der Waals surface area contributed by atoms with E-state index in [1.165, 1.54) is 0 Å². The average Bonchev–Trinajstić information content (AvgIpc) is 2.33. The number of thiol groups is 1. The zero-order valence-corrected chi connectivity index (χ0v) is 9.02. The summed E-state index contributed by atoms with van der Waals surface area (Å²) >= 11 is 9.91. The van der Waals surface area contributed by atoms with Crippen molar-refractivity contribution in [1.29, 1.82) is 0 Å². The van der Waals surface area contributed by atoms with Crippen LogP contribution in [0.3, 0.4) is 0 Å². The summed E-state index contributed by atoms with van der Waals surface area (Å²) in [4.78, 5) is 11.9. The van der Waals surface area contributed by atoms with E-state index in [9.17, 15) is 4.79 Å². The first-order valence-corrected chi connectivity index (χ1v) is 4.61. The van der Waals surface area contributed by atoms with E-state index in [1.807, 2.05) is 0 Å². The lowest BCUT2D eigenvalue weighted by Gasteiger charge is -2.02. The number of rotatable bonds is 2. The lowest BCUT2D eigenvalue weighted by molar-refractivity contribution is 0.0515. The van der Waals surface area contributed by atoms with Crippen molar-refractivity contribution in [1.82, 2.24) is 4.57 Å². The molecule has 0 atom stereocenters. The van der Waals surface area contributed by atoms with E-state index in [2.05, 4.69) is 12.6 Å². The fourth-order valence-electron chi connectivity index (χ4n) is 0.964. The Morgan fingerprint density at radius 2 is 2.38 bits per heavy atom. The highest BCUT2D eigenvalue weighted by Gasteiger charge is 2.15. The Morgan fingerprint density at radius 1 is 1.77 bits per heavy atom. The lowest BCUT2D eigenvalue weighted by Crippen LogP contribution is -2.09. The monoisotopic (exact) mass is 219 g/mol. The highest BCUT2D eigenvalue weighted by atomic mass is 35.5. The summed E-state index contributed by atoms with van der Waals surface area (Å²) in [7, 11) is 1.69. The quantitative estimate of drug-likeness (QED) is 0.611. The molecule has 1 aromatic rings. The third-order valence-corrected chi connectivity index (χ3v) is 2.56. The Morgan fingerprint density at radius 3 is 2.77 bits per heavy atom. The van der Waals surface area contributed by atoms with Gasteiger partial charge < -0.3 is 9.30 Å². The van der Waals surface area contributed by atoms with Crippen LogP contribution in [-0.2, 0) is 11.8 Å². The van der Waals surface area contributed by atoms with Crippen molar-refractivity contribution in [3.63, 3.8) is 0 Å². The predicted octanol–water partition coefficient (Wildman–Crippen LogP) is 2.14. The van der Waals surface area contributed by atoms with Crippen molar-refractivity contribution in [2.75, 3.05) is 6.61 Å². The number of hydrogen-bond donors (Lipinski definition) is 1. The first kappa shape index (κ1) is 10.5. The number of halogens is 1. The average molecular weight is 220 g/mol. The zero-order valence-electron chi connectivity index (χ0n) is 7.37. The van der Waals surface area contributed by atoms with Gasteiger partial charge >= 0.3 is 5.97 Å². The Kier molecular flexibility index (Phi) is 3.27. The SMILES string of the molecule is CCOC(=O)c1cc(S)c(Cl)n1C. The van der Waals surface area contributed by atoms with Crippen LogP contribution in [0.1, 0.15) is 17.4 Å². The van der Waals surface area contributed by atoms with E-state index in [4.69, 9.17) is 16.3 Å². The maximum Gasteiger partial charge on any atom is 0.355 e. The normalized spacial score (nSPS) is 10.2. The maximum atomic E-state index is 11.3. The summed E-state index contributed by atoms with van der Waals surface area (Å²) in [5, 5.41) is 0.436. The Bertz CT molecular complexity index is 335. The second-order valence-electron chi connectivity index (χ2n) is 2.49. The molecule has 0 saturated carbocycles. The summed E-state index contributed by atoms with van der Waals surface area (Å²) in [5.41, 5.74) is 0.414. The van der Waals surface area contributed by atoms with Gasteiger partial charge in [0, 0.05) is 11.9 Å². The van der Waals surface area contributed by atoms with Gasteiger partial charge in [-0.1, -0.05) is 11.6 Å². The first-order valence-electron chi connectivity index (χ1n) is 3.79. The minimum absolute atomic E-state index is 0.351. The van der Waals surface area contributed by atoms with E-state index >= 15 is 0 Å². The summed E-state index contributed by atoms with van der Waals surface area (Å²) < 4.78 is 6.37. The van der Waals surface area contributed by atoms with Crippen molar-refractivity contribution in [2.24, 2.45) is 7.05 Å². The van der Waals surface area contributed by atoms with Crippen LogP contribution >= 0.6 is 24.2 Å². The Labute approximate surface area is 87.0 Å². The molecule has 0 aliphatic rings. The topological polar surface area (TPSA) is 31.2 Å². The van der Waals surface area contributed by atoms with Crippen molar-refractivity contribution in [3.05, 3.63) is 16.9 Å². The van der Waals surface area contributed by atoms with Crippen LogP contribution in [0.4, 0.5) is 0 Å². The minimum Gasteiger partial charge on any atom is -0.461 e. The van der Waals surface area contributed by atoms with E-state index in [1.54, 1.807) is 24.6 Å². The van der Waals surface area contributed by atoms with Gasteiger partial charge in [0.05, 0.1) is 6.61 Å². The molecule has 1 aromatic heterocycles. The van der Waals surface area contributed by atoms with Gasteiger partial charge in [-0.3, -0.25) is 0 Å². The molecule has 13 heavy (non-hydrogen) atoms. The van der Waals surface area contributed by atoms with Crippen LogP contribution in [0.25, 0.3) is 0 Å². The fraction of sp³-hybridized carbons (Fsp3) is 0.375. The number of aromatic nitrogens is 1. The van der Waals surface area contributed by atoms with Gasteiger partial charge in [-0.2, -0.15) is 0 Å². The number of hydrogen-bond acceptors (Lipinski definition) is 3. The van der Waals surface area contributed by atoms with Crippen LogP contribution in [0.2, 0.25) is 5.15 Å². The minimum atomic E-state index is -0.382. The Hall–Kier alpha value is -0.610. The van der Waals surface area contributed by atoms with E-state index < -0.39 is 0 Å². The molecule has 0 N–H and O–H groups in total. The summed E-state index contributed by atoms with van der Waals surface area (Å²) in [5.74, 6) is -0.382. The molecular formula is C8H10ClNO2S. The first-order chi connectivity index (χ1) is 6.07. The van der Waals surface area contributed by atoms with Crippen molar-refractivity contribution < 1.29 is 9.53 Å². The molecule has 1 rings (SSSR count). The second-order valence-corrected chi connectivity index (χ2v) is 3.32. The van der Waals surface area contributed by atoms with Crippen LogP contribution < -0.4 is 0 Å². The molecule has 3 nitrogen and oxygen atoms in total. The molecule has 5 heteroatoms. The predicted molar refractivity (Wildman–Crippen MR) is 53.6 cm³/mol. The number of esters is 1. The van der Waals surface area contributed by atoms with Crippen molar-refractivity contribution in [2.45, 2.75) is 11.8 Å². The summed E-state index contributed by atoms with van der Waals surface area (Å²) in [6.07, 6.45) is 0. The summed E-state index contributed by atoms with van der Waals surface area (Å²) in [6.45, 7) is 2.10. The molecule has 72 valence electrons. The van der Waals surface area contributed by atoms with Crippen LogP contribution in [0.15, 0.2) is 11.0 Å². The van der Waals surface area contributed by atoms with Crippen LogP contribution in [0, 0.1) is 0 Å². The van der Waals surface area contributed by atoms with E-state index in [0.29, 0.717) is 22.3 Å². The fourth-order valence-corrected chi connectivity index (χ4v) is 1.38. The maximum absolute atomic E-state index is 11.3.